The minimum Gasteiger partial charge on any atom is -0.345 e. The van der Waals surface area contributed by atoms with Crippen LogP contribution in [0.15, 0.2) is 73.4 Å². The van der Waals surface area contributed by atoms with Gasteiger partial charge in [0.25, 0.3) is 5.91 Å². The first-order chi connectivity index (χ1) is 16.9. The maximum Gasteiger partial charge on any atom is 0.252 e. The molecule has 0 aliphatic heterocycles. The molecule has 35 heavy (non-hydrogen) atoms. The smallest absolute Gasteiger partial charge is 0.252 e. The number of benzene rings is 2. The number of nitrogens with zero attached hydrogens (tertiary/aromatic N) is 6. The number of amides is 1. The minimum atomic E-state index is -0.197. The molecule has 8 nitrogen and oxygen atoms in total. The second-order valence-electron chi connectivity index (χ2n) is 8.92. The fourth-order valence-corrected chi connectivity index (χ4v) is 4.20. The zero-order valence-electron chi connectivity index (χ0n) is 20.2. The van der Waals surface area contributed by atoms with Gasteiger partial charge in [-0.05, 0) is 57.0 Å². The predicted molar refractivity (Wildman–Crippen MR) is 135 cm³/mol. The Morgan fingerprint density at radius 1 is 1.00 bits per heavy atom. The second kappa shape index (κ2) is 9.13. The van der Waals surface area contributed by atoms with Gasteiger partial charge in [-0.3, -0.25) is 4.79 Å². The van der Waals surface area contributed by atoms with Gasteiger partial charge in [-0.15, -0.1) is 0 Å². The van der Waals surface area contributed by atoms with Gasteiger partial charge in [0, 0.05) is 11.6 Å². The van der Waals surface area contributed by atoms with E-state index in [1.165, 1.54) is 6.33 Å². The van der Waals surface area contributed by atoms with Crippen LogP contribution in [0.25, 0.3) is 28.0 Å². The van der Waals surface area contributed by atoms with Crippen LogP contribution in [0.3, 0.4) is 0 Å². The highest BCUT2D eigenvalue weighted by Crippen LogP contribution is 2.28. The molecule has 0 spiro atoms. The van der Waals surface area contributed by atoms with Crippen molar-refractivity contribution in [1.82, 2.24) is 34.8 Å². The minimum absolute atomic E-state index is 0.116. The molecule has 0 aliphatic rings. The molecule has 0 aliphatic carbocycles. The Labute approximate surface area is 203 Å². The van der Waals surface area contributed by atoms with Crippen LogP contribution in [0, 0.1) is 6.92 Å². The van der Waals surface area contributed by atoms with E-state index in [0.29, 0.717) is 11.2 Å². The van der Waals surface area contributed by atoms with Crippen molar-refractivity contribution >= 4 is 16.9 Å². The number of aromatic nitrogens is 6. The van der Waals surface area contributed by atoms with E-state index in [9.17, 15) is 4.79 Å². The monoisotopic (exact) mass is 465 g/mol. The second-order valence-corrected chi connectivity index (χ2v) is 8.92. The van der Waals surface area contributed by atoms with Gasteiger partial charge in [0.15, 0.2) is 5.65 Å². The summed E-state index contributed by atoms with van der Waals surface area (Å²) in [6, 6.07) is 17.7. The highest BCUT2D eigenvalue weighted by atomic mass is 16.1. The third kappa shape index (κ3) is 4.30. The molecule has 5 rings (SSSR count). The molecule has 1 amide bonds. The number of hydrogen-bond acceptors (Lipinski definition) is 5. The Morgan fingerprint density at radius 2 is 1.77 bits per heavy atom. The molecule has 3 aromatic heterocycles. The van der Waals surface area contributed by atoms with Crippen molar-refractivity contribution in [3.8, 4) is 16.9 Å². The van der Waals surface area contributed by atoms with E-state index in [1.807, 2.05) is 73.1 Å². The van der Waals surface area contributed by atoms with Crippen LogP contribution in [0.2, 0.25) is 0 Å². The fourth-order valence-electron chi connectivity index (χ4n) is 4.20. The van der Waals surface area contributed by atoms with Crippen molar-refractivity contribution in [2.75, 3.05) is 0 Å². The summed E-state index contributed by atoms with van der Waals surface area (Å²) < 4.78 is 3.56. The van der Waals surface area contributed by atoms with Crippen molar-refractivity contribution in [3.05, 3.63) is 90.1 Å². The summed E-state index contributed by atoms with van der Waals surface area (Å²) in [5.74, 6) is -0.164. The summed E-state index contributed by atoms with van der Waals surface area (Å²) in [6.07, 6.45) is 4.88. The zero-order valence-corrected chi connectivity index (χ0v) is 20.2. The van der Waals surface area contributed by atoms with Crippen molar-refractivity contribution in [3.63, 3.8) is 0 Å². The number of pyridine rings is 1. The van der Waals surface area contributed by atoms with Gasteiger partial charge in [0.05, 0.1) is 34.6 Å². The van der Waals surface area contributed by atoms with Crippen molar-refractivity contribution in [2.45, 2.75) is 39.8 Å². The zero-order chi connectivity index (χ0) is 24.5. The Morgan fingerprint density at radius 3 is 2.46 bits per heavy atom. The van der Waals surface area contributed by atoms with Crippen LogP contribution in [0.5, 0.6) is 0 Å². The average Bonchev–Trinajstić information content (AvgIpc) is 3.54. The molecule has 3 heterocycles. The van der Waals surface area contributed by atoms with Gasteiger partial charge in [-0.1, -0.05) is 36.4 Å². The largest absolute Gasteiger partial charge is 0.345 e. The van der Waals surface area contributed by atoms with Gasteiger partial charge in [0.1, 0.15) is 12.7 Å². The first-order valence-electron chi connectivity index (χ1n) is 11.6. The standard InChI is InChI=1S/C27H27N7O/c1-17(2)34-26-24(14-29-34)23(13-25(32-26)22-8-6-5-7-18(22)3)27(35)31-19(4)20-9-11-21(12-10-20)33-16-28-15-30-33/h5-17,19H,1-4H3,(H,31,35). The molecule has 2 aromatic carbocycles. The molecule has 0 bridgehead atoms. The molecule has 176 valence electrons. The molecule has 8 heteroatoms. The first-order valence-corrected chi connectivity index (χ1v) is 11.6. The normalized spacial score (nSPS) is 12.3. The van der Waals surface area contributed by atoms with E-state index in [4.69, 9.17) is 4.98 Å². The molecular formula is C27H27N7O. The third-order valence-corrected chi connectivity index (χ3v) is 6.15. The van der Waals surface area contributed by atoms with E-state index in [0.717, 1.165) is 33.5 Å². The SMILES string of the molecule is Cc1ccccc1-c1cc(C(=O)NC(C)c2ccc(-n3cncn3)cc2)c2cnn(C(C)C)c2n1. The summed E-state index contributed by atoms with van der Waals surface area (Å²) in [5, 5.41) is 12.6. The number of carbonyl (C=O) groups excluding carboxylic acids is 1. The number of rotatable bonds is 6. The Kier molecular flexibility index (Phi) is 5.86. The van der Waals surface area contributed by atoms with Crippen LogP contribution in [-0.4, -0.2) is 35.4 Å². The lowest BCUT2D eigenvalue weighted by atomic mass is 10.0. The summed E-state index contributed by atoms with van der Waals surface area (Å²) >= 11 is 0. The highest BCUT2D eigenvalue weighted by Gasteiger charge is 2.20. The molecule has 0 fully saturated rings. The first kappa shape index (κ1) is 22.5. The lowest BCUT2D eigenvalue weighted by molar-refractivity contribution is 0.0941. The maximum absolute atomic E-state index is 13.5. The molecule has 0 saturated carbocycles. The van der Waals surface area contributed by atoms with Gasteiger partial charge in [-0.25, -0.2) is 19.3 Å². The van der Waals surface area contributed by atoms with E-state index in [2.05, 4.69) is 34.3 Å². The molecule has 1 unspecified atom stereocenters. The summed E-state index contributed by atoms with van der Waals surface area (Å²) in [5.41, 5.74) is 6.02. The van der Waals surface area contributed by atoms with Crippen LogP contribution in [0.4, 0.5) is 0 Å². The molecule has 1 N–H and O–H groups in total. The van der Waals surface area contributed by atoms with Crippen LogP contribution in [0.1, 0.15) is 54.3 Å². The molecular weight excluding hydrogens is 438 g/mol. The number of fused-ring (bicyclic) bond motifs is 1. The van der Waals surface area contributed by atoms with Crippen LogP contribution in [-0.2, 0) is 0 Å². The van der Waals surface area contributed by atoms with Gasteiger partial charge in [0.2, 0.25) is 0 Å². The molecule has 0 radical (unpaired) electrons. The summed E-state index contributed by atoms with van der Waals surface area (Å²) in [4.78, 5) is 22.4. The fraction of sp³-hybridized carbons (Fsp3) is 0.222. The average molecular weight is 466 g/mol. The van der Waals surface area contributed by atoms with Crippen molar-refractivity contribution in [2.24, 2.45) is 0 Å². The summed E-state index contributed by atoms with van der Waals surface area (Å²) in [7, 11) is 0. The third-order valence-electron chi connectivity index (χ3n) is 6.15. The van der Waals surface area contributed by atoms with E-state index >= 15 is 0 Å². The quantitative estimate of drug-likeness (QED) is 0.379. The number of carbonyl (C=O) groups is 1. The molecule has 5 aromatic rings. The number of nitrogens with one attached hydrogen (secondary N) is 1. The van der Waals surface area contributed by atoms with E-state index in [1.54, 1.807) is 17.2 Å². The van der Waals surface area contributed by atoms with E-state index in [-0.39, 0.29) is 18.0 Å². The van der Waals surface area contributed by atoms with Gasteiger partial charge in [-0.2, -0.15) is 10.2 Å². The van der Waals surface area contributed by atoms with Crippen molar-refractivity contribution < 1.29 is 4.79 Å². The Bertz CT molecular complexity index is 1480. The van der Waals surface area contributed by atoms with Crippen LogP contribution >= 0.6 is 0 Å². The molecule has 0 saturated heterocycles. The van der Waals surface area contributed by atoms with Crippen molar-refractivity contribution in [1.29, 1.82) is 0 Å². The number of hydrogen-bond donors (Lipinski definition) is 1. The van der Waals surface area contributed by atoms with Crippen LogP contribution < -0.4 is 5.32 Å². The Hall–Kier alpha value is -4.33. The van der Waals surface area contributed by atoms with E-state index < -0.39 is 0 Å². The Balaban J connectivity index is 1.49. The van der Waals surface area contributed by atoms with Gasteiger partial charge < -0.3 is 5.32 Å². The number of aryl methyl sites for hydroxylation is 1. The maximum atomic E-state index is 13.5. The predicted octanol–water partition coefficient (Wildman–Crippen LogP) is 5.06. The molecule has 1 atom stereocenters. The summed E-state index contributed by atoms with van der Waals surface area (Å²) in [6.45, 7) is 8.13. The highest BCUT2D eigenvalue weighted by molar-refractivity contribution is 6.06. The topological polar surface area (TPSA) is 90.5 Å². The lowest BCUT2D eigenvalue weighted by Crippen LogP contribution is -2.27. The van der Waals surface area contributed by atoms with Gasteiger partial charge >= 0.3 is 0 Å². The lowest BCUT2D eigenvalue weighted by Gasteiger charge is -2.16.